The van der Waals surface area contributed by atoms with Gasteiger partial charge in [0.1, 0.15) is 0 Å². The summed E-state index contributed by atoms with van der Waals surface area (Å²) in [5.41, 5.74) is 1.17. The van der Waals surface area contributed by atoms with E-state index in [2.05, 4.69) is 36.8 Å². The van der Waals surface area contributed by atoms with Crippen molar-refractivity contribution in [2.45, 2.75) is 19.9 Å². The average molecular weight is 187 g/mol. The van der Waals surface area contributed by atoms with Gasteiger partial charge >= 0.3 is 0 Å². The Morgan fingerprint density at radius 3 is 2.21 bits per heavy atom. The number of terminal acetylenes is 1. The lowest BCUT2D eigenvalue weighted by Gasteiger charge is -2.28. The lowest BCUT2D eigenvalue weighted by Crippen LogP contribution is -2.34. The summed E-state index contributed by atoms with van der Waals surface area (Å²) in [5.74, 6) is 3.29. The van der Waals surface area contributed by atoms with Gasteiger partial charge in [0.15, 0.2) is 0 Å². The molecule has 0 saturated heterocycles. The van der Waals surface area contributed by atoms with E-state index in [1.807, 2.05) is 25.2 Å². The first-order valence-corrected chi connectivity index (χ1v) is 4.91. The van der Waals surface area contributed by atoms with Crippen molar-refractivity contribution in [1.29, 1.82) is 0 Å². The summed E-state index contributed by atoms with van der Waals surface area (Å²) in [4.78, 5) is 2.14. The highest BCUT2D eigenvalue weighted by Gasteiger charge is 2.15. The van der Waals surface area contributed by atoms with E-state index in [1.165, 1.54) is 5.69 Å². The second-order valence-corrected chi connectivity index (χ2v) is 3.80. The van der Waals surface area contributed by atoms with Crippen LogP contribution < -0.4 is 4.90 Å². The molecule has 0 aliphatic heterocycles. The zero-order valence-corrected chi connectivity index (χ0v) is 9.07. The minimum Gasteiger partial charge on any atom is -0.360 e. The second-order valence-electron chi connectivity index (χ2n) is 3.80. The van der Waals surface area contributed by atoms with Crippen LogP contribution >= 0.6 is 0 Å². The van der Waals surface area contributed by atoms with Crippen LogP contribution in [0, 0.1) is 18.3 Å². The third-order valence-electron chi connectivity index (χ3n) is 2.38. The topological polar surface area (TPSA) is 3.24 Å². The summed E-state index contributed by atoms with van der Waals surface area (Å²) in [6.45, 7) is 4.29. The van der Waals surface area contributed by atoms with Gasteiger partial charge in [-0.2, -0.15) is 0 Å². The van der Waals surface area contributed by atoms with Crippen LogP contribution in [0.4, 0.5) is 5.69 Å². The van der Waals surface area contributed by atoms with Gasteiger partial charge in [0.25, 0.3) is 0 Å². The van der Waals surface area contributed by atoms with Crippen molar-refractivity contribution in [2.75, 3.05) is 11.9 Å². The number of rotatable bonds is 3. The van der Waals surface area contributed by atoms with Gasteiger partial charge in [-0.05, 0) is 18.1 Å². The van der Waals surface area contributed by atoms with E-state index in [0.717, 1.165) is 0 Å². The molecule has 0 N–H and O–H groups in total. The van der Waals surface area contributed by atoms with Gasteiger partial charge in [-0.15, -0.1) is 6.42 Å². The quantitative estimate of drug-likeness (QED) is 0.658. The van der Waals surface area contributed by atoms with Crippen LogP contribution in [0.3, 0.4) is 0 Å². The highest BCUT2D eigenvalue weighted by Crippen LogP contribution is 2.17. The molecule has 1 atom stereocenters. The lowest BCUT2D eigenvalue weighted by atomic mass is 10.0. The molecule has 1 aromatic carbocycles. The largest absolute Gasteiger partial charge is 0.360 e. The molecule has 0 saturated carbocycles. The average Bonchev–Trinajstić information content (AvgIpc) is 2.19. The molecule has 0 aliphatic rings. The molecule has 0 radical (unpaired) electrons. The van der Waals surface area contributed by atoms with Crippen molar-refractivity contribution in [3.05, 3.63) is 30.3 Å². The van der Waals surface area contributed by atoms with Gasteiger partial charge in [-0.25, -0.2) is 0 Å². The van der Waals surface area contributed by atoms with E-state index in [9.17, 15) is 0 Å². The minimum atomic E-state index is 0.164. The minimum absolute atomic E-state index is 0.164. The van der Waals surface area contributed by atoms with E-state index < -0.39 is 0 Å². The Kier molecular flexibility index (Phi) is 3.59. The molecule has 74 valence electrons. The first-order valence-electron chi connectivity index (χ1n) is 4.91. The van der Waals surface area contributed by atoms with E-state index in [1.54, 1.807) is 0 Å². The van der Waals surface area contributed by atoms with E-state index in [-0.39, 0.29) is 6.04 Å². The van der Waals surface area contributed by atoms with Gasteiger partial charge in [-0.1, -0.05) is 38.0 Å². The summed E-state index contributed by atoms with van der Waals surface area (Å²) in [6.07, 6.45) is 5.52. The molecule has 0 heterocycles. The third kappa shape index (κ3) is 2.29. The SMILES string of the molecule is C#CC(C(C)C)N(C)c1ccccc1. The molecule has 1 nitrogen and oxygen atoms in total. The number of benzene rings is 1. The van der Waals surface area contributed by atoms with Gasteiger partial charge in [0, 0.05) is 12.7 Å². The van der Waals surface area contributed by atoms with E-state index >= 15 is 0 Å². The smallest absolute Gasteiger partial charge is 0.0920 e. The molecular formula is C13H17N. The molecule has 0 aromatic heterocycles. The van der Waals surface area contributed by atoms with Crippen molar-refractivity contribution >= 4 is 5.69 Å². The van der Waals surface area contributed by atoms with Crippen molar-refractivity contribution in [3.63, 3.8) is 0 Å². The van der Waals surface area contributed by atoms with Crippen molar-refractivity contribution < 1.29 is 0 Å². The fraction of sp³-hybridized carbons (Fsp3) is 0.385. The van der Waals surface area contributed by atoms with Crippen LogP contribution in [0.2, 0.25) is 0 Å². The van der Waals surface area contributed by atoms with Crippen molar-refractivity contribution in [1.82, 2.24) is 0 Å². The zero-order valence-electron chi connectivity index (χ0n) is 9.07. The summed E-state index contributed by atoms with van der Waals surface area (Å²) in [5, 5.41) is 0. The summed E-state index contributed by atoms with van der Waals surface area (Å²) >= 11 is 0. The monoisotopic (exact) mass is 187 g/mol. The maximum absolute atomic E-state index is 5.52. The van der Waals surface area contributed by atoms with Gasteiger partial charge in [0.2, 0.25) is 0 Å². The number of nitrogens with zero attached hydrogens (tertiary/aromatic N) is 1. The van der Waals surface area contributed by atoms with Crippen LogP contribution in [0.1, 0.15) is 13.8 Å². The molecule has 0 aliphatic carbocycles. The van der Waals surface area contributed by atoms with Crippen LogP contribution in [0.5, 0.6) is 0 Å². The normalized spacial score (nSPS) is 12.2. The van der Waals surface area contributed by atoms with E-state index in [4.69, 9.17) is 6.42 Å². The molecule has 0 spiro atoms. The maximum Gasteiger partial charge on any atom is 0.0920 e. The molecule has 14 heavy (non-hydrogen) atoms. The molecule has 0 amide bonds. The van der Waals surface area contributed by atoms with Gasteiger partial charge < -0.3 is 4.90 Å². The fourth-order valence-corrected chi connectivity index (χ4v) is 1.58. The second kappa shape index (κ2) is 4.72. The molecular weight excluding hydrogens is 170 g/mol. The standard InChI is InChI=1S/C13H17N/c1-5-13(11(2)3)14(4)12-9-7-6-8-10-12/h1,6-11,13H,2-4H3. The van der Waals surface area contributed by atoms with Crippen LogP contribution in [-0.2, 0) is 0 Å². The molecule has 1 heteroatoms. The Morgan fingerprint density at radius 2 is 1.79 bits per heavy atom. The maximum atomic E-state index is 5.52. The summed E-state index contributed by atoms with van der Waals surface area (Å²) < 4.78 is 0. The fourth-order valence-electron chi connectivity index (χ4n) is 1.58. The lowest BCUT2D eigenvalue weighted by molar-refractivity contribution is 0.560. The first-order chi connectivity index (χ1) is 6.66. The zero-order chi connectivity index (χ0) is 10.6. The Balaban J connectivity index is 2.85. The van der Waals surface area contributed by atoms with E-state index in [0.29, 0.717) is 5.92 Å². The van der Waals surface area contributed by atoms with Gasteiger partial charge in [0.05, 0.1) is 6.04 Å². The summed E-state index contributed by atoms with van der Waals surface area (Å²) in [6, 6.07) is 10.4. The van der Waals surface area contributed by atoms with Crippen LogP contribution in [0.15, 0.2) is 30.3 Å². The number of hydrogen-bond acceptors (Lipinski definition) is 1. The Morgan fingerprint density at radius 1 is 1.21 bits per heavy atom. The van der Waals surface area contributed by atoms with Crippen LogP contribution in [0.25, 0.3) is 0 Å². The van der Waals surface area contributed by atoms with Crippen molar-refractivity contribution in [3.8, 4) is 12.3 Å². The highest BCUT2D eigenvalue weighted by molar-refractivity contribution is 5.48. The van der Waals surface area contributed by atoms with Gasteiger partial charge in [-0.3, -0.25) is 0 Å². The molecule has 1 aromatic rings. The van der Waals surface area contributed by atoms with Crippen molar-refractivity contribution in [2.24, 2.45) is 5.92 Å². The number of anilines is 1. The molecule has 0 fully saturated rings. The third-order valence-corrected chi connectivity index (χ3v) is 2.38. The highest BCUT2D eigenvalue weighted by atomic mass is 15.1. The number of hydrogen-bond donors (Lipinski definition) is 0. The Bertz CT molecular complexity index is 308. The Labute approximate surface area is 86.7 Å². The predicted molar refractivity (Wildman–Crippen MR) is 62.3 cm³/mol. The predicted octanol–water partition coefficient (Wildman–Crippen LogP) is 2.78. The Hall–Kier alpha value is -1.42. The molecule has 0 bridgehead atoms. The molecule has 1 rings (SSSR count). The van der Waals surface area contributed by atoms with Crippen LogP contribution in [-0.4, -0.2) is 13.1 Å². The molecule has 1 unspecified atom stereocenters. The number of para-hydroxylation sites is 1. The summed E-state index contributed by atoms with van der Waals surface area (Å²) in [7, 11) is 2.04. The first kappa shape index (κ1) is 10.7.